The molecule has 0 saturated heterocycles. The number of carbonyl (C=O) groups excluding carboxylic acids is 3. The number of carbonyl (C=O) groups is 3. The molecule has 0 aromatic heterocycles. The third-order valence-corrected chi connectivity index (χ3v) is 5.70. The molecule has 2 heterocycles. The van der Waals surface area contributed by atoms with Gasteiger partial charge in [0.25, 0.3) is 5.91 Å². The summed E-state index contributed by atoms with van der Waals surface area (Å²) in [5, 5.41) is 8.31. The predicted molar refractivity (Wildman–Crippen MR) is 101 cm³/mol. The Bertz CT molecular complexity index is 823. The molecule has 8 heteroatoms. The van der Waals surface area contributed by atoms with Crippen molar-refractivity contribution in [2.24, 2.45) is 5.10 Å². The van der Waals surface area contributed by atoms with Crippen LogP contribution in [-0.4, -0.2) is 34.4 Å². The van der Waals surface area contributed by atoms with Gasteiger partial charge in [-0.25, -0.2) is 0 Å². The van der Waals surface area contributed by atoms with E-state index in [2.05, 4.69) is 17.3 Å². The molecule has 1 atom stereocenters. The van der Waals surface area contributed by atoms with E-state index < -0.39 is 4.87 Å². The molecule has 0 aliphatic carbocycles. The second-order valence-electron chi connectivity index (χ2n) is 6.44. The second-order valence-corrected chi connectivity index (χ2v) is 7.63. The molecule has 0 radical (unpaired) electrons. The van der Waals surface area contributed by atoms with E-state index in [1.807, 2.05) is 25.1 Å². The van der Waals surface area contributed by atoms with Crippen LogP contribution in [0.15, 0.2) is 23.3 Å². The van der Waals surface area contributed by atoms with E-state index in [1.54, 1.807) is 4.90 Å². The van der Waals surface area contributed by atoms with Gasteiger partial charge in [-0.3, -0.25) is 14.4 Å². The number of thioether (sulfide) groups is 1. The number of benzene rings is 1. The summed E-state index contributed by atoms with van der Waals surface area (Å²) in [6, 6.07) is 5.69. The number of rotatable bonds is 3. The van der Waals surface area contributed by atoms with Gasteiger partial charge in [0.05, 0.1) is 5.69 Å². The van der Waals surface area contributed by atoms with Crippen LogP contribution >= 0.6 is 11.8 Å². The van der Waals surface area contributed by atoms with Crippen LogP contribution in [-0.2, 0) is 19.3 Å². The summed E-state index contributed by atoms with van der Waals surface area (Å²) in [7, 11) is 0. The first kappa shape index (κ1) is 18.4. The standard InChI is InChI=1S/C18H22N4O3S/c1-5-6-10-21-15-11(2)8-7-9-14(15)18(16(21)25)22(13(4)24)20-17(26-18)19-12(3)23/h7-9H,5-6,10H2,1-4H3,(H,19,20,23). The fourth-order valence-electron chi connectivity index (χ4n) is 3.38. The number of anilines is 1. The highest BCUT2D eigenvalue weighted by Gasteiger charge is 2.61. The van der Waals surface area contributed by atoms with Crippen molar-refractivity contribution in [2.45, 2.75) is 45.4 Å². The van der Waals surface area contributed by atoms with Crippen LogP contribution in [0.2, 0.25) is 0 Å². The first-order valence-electron chi connectivity index (χ1n) is 8.61. The Kier molecular flexibility index (Phi) is 4.79. The summed E-state index contributed by atoms with van der Waals surface area (Å²) >= 11 is 1.11. The minimum absolute atomic E-state index is 0.195. The van der Waals surface area contributed by atoms with Crippen molar-refractivity contribution < 1.29 is 14.4 Å². The monoisotopic (exact) mass is 374 g/mol. The average Bonchev–Trinajstić information content (AvgIpc) is 3.05. The highest BCUT2D eigenvalue weighted by atomic mass is 32.2. The number of nitrogens with one attached hydrogen (secondary N) is 1. The van der Waals surface area contributed by atoms with Crippen molar-refractivity contribution in [1.29, 1.82) is 0 Å². The van der Waals surface area contributed by atoms with Crippen molar-refractivity contribution in [3.63, 3.8) is 0 Å². The van der Waals surface area contributed by atoms with Crippen molar-refractivity contribution in [1.82, 2.24) is 10.3 Å². The Hall–Kier alpha value is -2.35. The van der Waals surface area contributed by atoms with Crippen LogP contribution in [0.25, 0.3) is 0 Å². The summed E-state index contributed by atoms with van der Waals surface area (Å²) in [5.41, 5.74) is 2.55. The molecule has 7 nitrogen and oxygen atoms in total. The smallest absolute Gasteiger partial charge is 0.270 e. The minimum Gasteiger partial charge on any atom is -0.309 e. The van der Waals surface area contributed by atoms with E-state index in [-0.39, 0.29) is 22.9 Å². The maximum Gasteiger partial charge on any atom is 0.270 e. The number of hydrogen-bond acceptors (Lipinski definition) is 5. The Morgan fingerprint density at radius 2 is 2.04 bits per heavy atom. The van der Waals surface area contributed by atoms with Crippen LogP contribution in [0, 0.1) is 6.92 Å². The summed E-state index contributed by atoms with van der Waals surface area (Å²) in [4.78, 5) is 37.8. The van der Waals surface area contributed by atoms with E-state index in [0.717, 1.165) is 41.4 Å². The molecular formula is C18H22N4O3S. The van der Waals surface area contributed by atoms with E-state index in [9.17, 15) is 14.4 Å². The number of amides is 3. The summed E-state index contributed by atoms with van der Waals surface area (Å²) in [5.74, 6) is -0.842. The van der Waals surface area contributed by atoms with Gasteiger partial charge in [0.1, 0.15) is 0 Å². The quantitative estimate of drug-likeness (QED) is 0.880. The van der Waals surface area contributed by atoms with Gasteiger partial charge < -0.3 is 10.2 Å². The topological polar surface area (TPSA) is 82.1 Å². The number of aryl methyl sites for hydroxylation is 1. The van der Waals surface area contributed by atoms with Crippen molar-refractivity contribution in [2.75, 3.05) is 11.4 Å². The highest BCUT2D eigenvalue weighted by molar-refractivity contribution is 8.15. The van der Waals surface area contributed by atoms with Gasteiger partial charge in [-0.05, 0) is 30.7 Å². The number of hydrazone groups is 1. The molecule has 1 N–H and O–H groups in total. The fraction of sp³-hybridized carbons (Fsp3) is 0.444. The second kappa shape index (κ2) is 6.75. The Labute approximate surface area is 156 Å². The SMILES string of the molecule is CCCCN1C(=O)C2(SC(NC(C)=O)=NN2C(C)=O)c2cccc(C)c21. The van der Waals surface area contributed by atoms with E-state index in [4.69, 9.17) is 0 Å². The summed E-state index contributed by atoms with van der Waals surface area (Å²) in [6.45, 7) is 7.35. The van der Waals surface area contributed by atoms with Crippen LogP contribution < -0.4 is 10.2 Å². The van der Waals surface area contributed by atoms with Crippen LogP contribution in [0.3, 0.4) is 0 Å². The van der Waals surface area contributed by atoms with Gasteiger partial charge >= 0.3 is 0 Å². The predicted octanol–water partition coefficient (Wildman–Crippen LogP) is 2.30. The van der Waals surface area contributed by atoms with Gasteiger partial charge in [0.15, 0.2) is 5.17 Å². The molecule has 1 unspecified atom stereocenters. The molecular weight excluding hydrogens is 352 g/mol. The number of unbranched alkanes of at least 4 members (excludes halogenated alkanes) is 1. The molecule has 0 bridgehead atoms. The summed E-state index contributed by atoms with van der Waals surface area (Å²) in [6.07, 6.45) is 1.81. The molecule has 1 aromatic rings. The number of hydrogen-bond donors (Lipinski definition) is 1. The molecule has 138 valence electrons. The van der Waals surface area contributed by atoms with Gasteiger partial charge in [-0.2, -0.15) is 5.01 Å². The maximum atomic E-state index is 13.5. The van der Waals surface area contributed by atoms with Gasteiger partial charge in [-0.15, -0.1) is 5.10 Å². The van der Waals surface area contributed by atoms with Gasteiger partial charge in [0.2, 0.25) is 16.7 Å². The third kappa shape index (κ3) is 2.68. The molecule has 2 aliphatic heterocycles. The first-order valence-corrected chi connectivity index (χ1v) is 9.42. The molecule has 1 spiro atoms. The van der Waals surface area contributed by atoms with Crippen LogP contribution in [0.5, 0.6) is 0 Å². The van der Waals surface area contributed by atoms with Crippen molar-refractivity contribution >= 4 is 40.3 Å². The lowest BCUT2D eigenvalue weighted by Crippen LogP contribution is -2.48. The lowest BCUT2D eigenvalue weighted by atomic mass is 10.0. The Morgan fingerprint density at radius 1 is 1.31 bits per heavy atom. The van der Waals surface area contributed by atoms with Crippen LogP contribution in [0.1, 0.15) is 44.7 Å². The fourth-order valence-corrected chi connectivity index (χ4v) is 4.71. The molecule has 0 saturated carbocycles. The van der Waals surface area contributed by atoms with Crippen LogP contribution in [0.4, 0.5) is 5.69 Å². The largest absolute Gasteiger partial charge is 0.309 e. The zero-order valence-electron chi connectivity index (χ0n) is 15.3. The van der Waals surface area contributed by atoms with E-state index >= 15 is 0 Å². The zero-order chi connectivity index (χ0) is 19.1. The van der Waals surface area contributed by atoms with Crippen molar-refractivity contribution in [3.05, 3.63) is 29.3 Å². The maximum absolute atomic E-state index is 13.5. The zero-order valence-corrected chi connectivity index (χ0v) is 16.1. The van der Waals surface area contributed by atoms with Gasteiger partial charge in [0, 0.05) is 26.0 Å². The lowest BCUT2D eigenvalue weighted by molar-refractivity contribution is -0.139. The first-order chi connectivity index (χ1) is 12.3. The van der Waals surface area contributed by atoms with E-state index in [1.165, 1.54) is 18.9 Å². The Balaban J connectivity index is 2.14. The van der Waals surface area contributed by atoms with Crippen molar-refractivity contribution in [3.8, 4) is 0 Å². The van der Waals surface area contributed by atoms with Gasteiger partial charge in [-0.1, -0.05) is 31.5 Å². The van der Waals surface area contributed by atoms with E-state index in [0.29, 0.717) is 6.54 Å². The average molecular weight is 374 g/mol. The molecule has 26 heavy (non-hydrogen) atoms. The Morgan fingerprint density at radius 3 is 2.65 bits per heavy atom. The summed E-state index contributed by atoms with van der Waals surface area (Å²) < 4.78 is 0. The molecule has 0 fully saturated rings. The molecule has 3 rings (SSSR count). The number of fused-ring (bicyclic) bond motifs is 2. The lowest BCUT2D eigenvalue weighted by Gasteiger charge is -2.29. The normalized spacial score (nSPS) is 21.2. The number of para-hydroxylation sites is 1. The third-order valence-electron chi connectivity index (χ3n) is 4.46. The minimum atomic E-state index is -1.29. The molecule has 2 aliphatic rings. The number of nitrogens with zero attached hydrogens (tertiary/aromatic N) is 3. The highest BCUT2D eigenvalue weighted by Crippen LogP contribution is 2.55. The number of amidine groups is 1. The molecule has 3 amide bonds. The molecule has 1 aromatic carbocycles.